The minimum Gasteiger partial charge on any atom is -0.308 e. The van der Waals surface area contributed by atoms with Crippen molar-refractivity contribution in [1.82, 2.24) is 0 Å². The third-order valence-electron chi connectivity index (χ3n) is 0.964. The van der Waals surface area contributed by atoms with Gasteiger partial charge in [0, 0.05) is 0 Å². The third kappa shape index (κ3) is 6.15. The van der Waals surface area contributed by atoms with E-state index in [0.717, 1.165) is 0 Å². The predicted molar refractivity (Wildman–Crippen MR) is 45.8 cm³/mol. The Labute approximate surface area is 77.0 Å². The van der Waals surface area contributed by atoms with E-state index in [-0.39, 0.29) is 13.2 Å². The highest BCUT2D eigenvalue weighted by Gasteiger charge is 2.31. The molecule has 0 heterocycles. The Morgan fingerprint density at radius 2 is 1.62 bits per heavy atom. The summed E-state index contributed by atoms with van der Waals surface area (Å²) in [6.07, 6.45) is 0. The van der Waals surface area contributed by atoms with Gasteiger partial charge in [0.1, 0.15) is 0 Å². The maximum atomic E-state index is 12.2. The summed E-state index contributed by atoms with van der Waals surface area (Å²) >= 11 is 0. The second kappa shape index (κ2) is 5.05. The fraction of sp³-hybridized carbons (Fsp3) is 1.00. The van der Waals surface area contributed by atoms with Crippen LogP contribution in [0.25, 0.3) is 0 Å². The van der Waals surface area contributed by atoms with Gasteiger partial charge in [-0.15, -0.1) is 3.89 Å². The maximum absolute atomic E-state index is 12.2. The molecular weight excluding hydrogens is 222 g/mol. The van der Waals surface area contributed by atoms with Crippen molar-refractivity contribution in [3.8, 4) is 0 Å². The van der Waals surface area contributed by atoms with Crippen molar-refractivity contribution in [2.24, 2.45) is 0 Å². The second-order valence-electron chi connectivity index (χ2n) is 2.11. The van der Waals surface area contributed by atoms with Gasteiger partial charge < -0.3 is 9.05 Å². The molecule has 0 aromatic heterocycles. The van der Waals surface area contributed by atoms with Crippen LogP contribution >= 0.6 is 7.60 Å². The first-order valence-corrected chi connectivity index (χ1v) is 6.91. The normalized spacial score (nSPS) is 13.2. The second-order valence-corrected chi connectivity index (χ2v) is 5.96. The van der Waals surface area contributed by atoms with Gasteiger partial charge in [0.25, 0.3) is 0 Å². The first kappa shape index (κ1) is 13.0. The van der Waals surface area contributed by atoms with Gasteiger partial charge in [0.2, 0.25) is 0 Å². The lowest BCUT2D eigenvalue weighted by Gasteiger charge is -2.14. The molecule has 13 heavy (non-hydrogen) atoms. The van der Waals surface area contributed by atoms with Crippen LogP contribution in [-0.2, 0) is 23.8 Å². The molecule has 0 spiro atoms. The van der Waals surface area contributed by atoms with Crippen LogP contribution in [0.2, 0.25) is 0 Å². The monoisotopic (exact) mass is 234 g/mol. The number of hydrogen-bond acceptors (Lipinski definition) is 5. The molecule has 0 N–H and O–H groups in total. The van der Waals surface area contributed by atoms with Gasteiger partial charge in [0.15, 0.2) is 5.49 Å². The zero-order valence-electron chi connectivity index (χ0n) is 7.40. The SMILES string of the molecule is CCOP(=O)(CS(=O)(=O)F)OCC. The summed E-state index contributed by atoms with van der Waals surface area (Å²) in [5, 5.41) is 0. The van der Waals surface area contributed by atoms with Gasteiger partial charge in [-0.2, -0.15) is 8.42 Å². The van der Waals surface area contributed by atoms with Crippen LogP contribution in [-0.4, -0.2) is 27.1 Å². The van der Waals surface area contributed by atoms with Gasteiger partial charge in [-0.1, -0.05) is 0 Å². The molecule has 0 aliphatic carbocycles. The van der Waals surface area contributed by atoms with Crippen LogP contribution in [0.1, 0.15) is 13.8 Å². The van der Waals surface area contributed by atoms with Crippen LogP contribution in [0.15, 0.2) is 0 Å². The third-order valence-corrected chi connectivity index (χ3v) is 4.77. The Bertz CT molecular complexity index is 277. The summed E-state index contributed by atoms with van der Waals surface area (Å²) in [6, 6.07) is 0. The number of hydrogen-bond donors (Lipinski definition) is 0. The van der Waals surface area contributed by atoms with Crippen molar-refractivity contribution in [2.45, 2.75) is 13.8 Å². The average Bonchev–Trinajstić information content (AvgIpc) is 1.82. The predicted octanol–water partition coefficient (Wildman–Crippen LogP) is 1.51. The zero-order chi connectivity index (χ0) is 10.5. The minimum atomic E-state index is -4.84. The van der Waals surface area contributed by atoms with Crippen molar-refractivity contribution >= 4 is 17.8 Å². The smallest absolute Gasteiger partial charge is 0.308 e. The molecule has 0 saturated heterocycles. The fourth-order valence-corrected chi connectivity index (χ4v) is 3.66. The van der Waals surface area contributed by atoms with E-state index in [9.17, 15) is 16.9 Å². The standard InChI is InChI=1S/C5H12FO5PS/c1-3-10-12(7,11-4-2)5-13(6,8)9/h3-5H2,1-2H3. The first-order chi connectivity index (χ1) is 5.83. The number of halogens is 1. The van der Waals surface area contributed by atoms with Crippen LogP contribution in [0.4, 0.5) is 3.89 Å². The average molecular weight is 234 g/mol. The number of rotatable bonds is 6. The molecule has 0 fully saturated rings. The zero-order valence-corrected chi connectivity index (χ0v) is 9.11. The minimum absolute atomic E-state index is 0.00674. The Morgan fingerprint density at radius 1 is 1.23 bits per heavy atom. The van der Waals surface area contributed by atoms with Crippen molar-refractivity contribution in [2.75, 3.05) is 18.7 Å². The molecule has 0 aromatic rings. The van der Waals surface area contributed by atoms with Crippen molar-refractivity contribution in [1.29, 1.82) is 0 Å². The van der Waals surface area contributed by atoms with Crippen LogP contribution in [0, 0.1) is 0 Å². The summed E-state index contributed by atoms with van der Waals surface area (Å²) in [4.78, 5) is 0. The van der Waals surface area contributed by atoms with Crippen molar-refractivity contribution in [3.05, 3.63) is 0 Å². The van der Waals surface area contributed by atoms with E-state index < -0.39 is 23.3 Å². The van der Waals surface area contributed by atoms with Crippen LogP contribution < -0.4 is 0 Å². The molecule has 0 aromatic carbocycles. The van der Waals surface area contributed by atoms with Gasteiger partial charge in [-0.25, -0.2) is 0 Å². The van der Waals surface area contributed by atoms with Gasteiger partial charge in [-0.3, -0.25) is 4.57 Å². The van der Waals surface area contributed by atoms with E-state index in [4.69, 9.17) is 0 Å². The molecule has 0 bridgehead atoms. The molecule has 0 radical (unpaired) electrons. The summed E-state index contributed by atoms with van der Waals surface area (Å²) in [6.45, 7) is 3.03. The molecule has 0 rings (SSSR count). The van der Waals surface area contributed by atoms with E-state index in [0.29, 0.717) is 0 Å². The highest BCUT2D eigenvalue weighted by atomic mass is 32.3. The lowest BCUT2D eigenvalue weighted by Crippen LogP contribution is -2.05. The van der Waals surface area contributed by atoms with E-state index in [1.54, 1.807) is 0 Å². The van der Waals surface area contributed by atoms with E-state index >= 15 is 0 Å². The Morgan fingerprint density at radius 3 is 1.85 bits per heavy atom. The first-order valence-electron chi connectivity index (χ1n) is 3.63. The molecule has 8 heteroatoms. The van der Waals surface area contributed by atoms with Gasteiger partial charge in [0.05, 0.1) is 13.2 Å². The Balaban J connectivity index is 4.51. The lowest BCUT2D eigenvalue weighted by atomic mass is 10.9. The topological polar surface area (TPSA) is 69.7 Å². The molecule has 0 aliphatic heterocycles. The molecule has 0 amide bonds. The summed E-state index contributed by atoms with van der Waals surface area (Å²) in [5.41, 5.74) is -1.22. The van der Waals surface area contributed by atoms with Gasteiger partial charge in [-0.05, 0) is 13.8 Å². The molecule has 5 nitrogen and oxygen atoms in total. The summed E-state index contributed by atoms with van der Waals surface area (Å²) < 4.78 is 53.1. The highest BCUT2D eigenvalue weighted by molar-refractivity contribution is 7.93. The highest BCUT2D eigenvalue weighted by Crippen LogP contribution is 2.49. The quantitative estimate of drug-likeness (QED) is 0.514. The molecule has 0 atom stereocenters. The van der Waals surface area contributed by atoms with Crippen LogP contribution in [0.3, 0.4) is 0 Å². The summed E-state index contributed by atoms with van der Waals surface area (Å²) in [7, 11) is -8.64. The van der Waals surface area contributed by atoms with E-state index in [1.807, 2.05) is 0 Å². The largest absolute Gasteiger partial charge is 0.348 e. The van der Waals surface area contributed by atoms with Crippen LogP contribution in [0.5, 0.6) is 0 Å². The molecular formula is C5H12FO5PS. The van der Waals surface area contributed by atoms with Crippen molar-refractivity contribution < 1.29 is 25.9 Å². The molecule has 0 saturated carbocycles. The molecule has 0 unspecified atom stereocenters. The Kier molecular flexibility index (Phi) is 5.06. The molecule has 80 valence electrons. The Hall–Kier alpha value is 0.0300. The fourth-order valence-electron chi connectivity index (χ4n) is 0.694. The van der Waals surface area contributed by atoms with Gasteiger partial charge >= 0.3 is 17.8 Å². The summed E-state index contributed by atoms with van der Waals surface area (Å²) in [5.74, 6) is 0. The lowest BCUT2D eigenvalue weighted by molar-refractivity contribution is 0.223. The maximum Gasteiger partial charge on any atom is 0.348 e. The molecule has 0 aliphatic rings. The van der Waals surface area contributed by atoms with Crippen molar-refractivity contribution in [3.63, 3.8) is 0 Å². The van der Waals surface area contributed by atoms with E-state index in [1.165, 1.54) is 13.8 Å². The van der Waals surface area contributed by atoms with E-state index in [2.05, 4.69) is 9.05 Å².